The third-order valence-corrected chi connectivity index (χ3v) is 8.11. The minimum atomic E-state index is -1.36. The third kappa shape index (κ3) is 14.3. The molecule has 0 aliphatic rings. The van der Waals surface area contributed by atoms with Crippen molar-refractivity contribution in [2.24, 2.45) is 10.8 Å². The lowest BCUT2D eigenvalue weighted by atomic mass is 9.83. The largest absolute Gasteiger partial charge is 0.396 e. The molecule has 0 aromatic carbocycles. The summed E-state index contributed by atoms with van der Waals surface area (Å²) in [5.41, 5.74) is -1.48. The fourth-order valence-corrected chi connectivity index (χ4v) is 4.35. The second-order valence-electron chi connectivity index (χ2n) is 9.72. The number of aliphatic hydroxyl groups is 3. The van der Waals surface area contributed by atoms with Gasteiger partial charge in [0.1, 0.15) is 12.2 Å². The van der Waals surface area contributed by atoms with Crippen molar-refractivity contribution in [1.82, 2.24) is 21.3 Å². The van der Waals surface area contributed by atoms with E-state index >= 15 is 0 Å². The summed E-state index contributed by atoms with van der Waals surface area (Å²) < 4.78 is 0. The van der Waals surface area contributed by atoms with Crippen LogP contribution in [0.4, 0.5) is 0 Å². The van der Waals surface area contributed by atoms with Gasteiger partial charge < -0.3 is 36.6 Å². The molecule has 0 heterocycles. The van der Waals surface area contributed by atoms with Crippen molar-refractivity contribution in [1.29, 1.82) is 0 Å². The first-order valence-corrected chi connectivity index (χ1v) is 14.6. The SMILES string of the molecule is CCC(C)(C)C(O)C(=O)NCCC(=O)NCCSSCCNC(=O)CCNC(=O)C(O)C(C)(C)CO. The van der Waals surface area contributed by atoms with Gasteiger partial charge in [-0.3, -0.25) is 19.2 Å². The van der Waals surface area contributed by atoms with Crippen molar-refractivity contribution >= 4 is 45.2 Å². The van der Waals surface area contributed by atoms with Gasteiger partial charge in [-0.25, -0.2) is 0 Å². The zero-order valence-electron chi connectivity index (χ0n) is 22.0. The molecule has 2 atom stereocenters. The van der Waals surface area contributed by atoms with E-state index in [0.29, 0.717) is 31.0 Å². The molecule has 0 bridgehead atoms. The second kappa shape index (κ2) is 17.8. The van der Waals surface area contributed by atoms with Crippen molar-refractivity contribution in [3.63, 3.8) is 0 Å². The molecule has 0 spiro atoms. The van der Waals surface area contributed by atoms with E-state index in [1.165, 1.54) is 0 Å². The maximum atomic E-state index is 11.9. The van der Waals surface area contributed by atoms with E-state index in [0.717, 1.165) is 0 Å². The number of hydrogen-bond acceptors (Lipinski definition) is 9. The molecule has 0 saturated heterocycles. The van der Waals surface area contributed by atoms with Crippen molar-refractivity contribution in [3.05, 3.63) is 0 Å². The van der Waals surface area contributed by atoms with Gasteiger partial charge in [0.25, 0.3) is 0 Å². The van der Waals surface area contributed by atoms with E-state index < -0.39 is 34.9 Å². The van der Waals surface area contributed by atoms with Crippen molar-refractivity contribution in [3.8, 4) is 0 Å². The molecular weight excluding hydrogens is 508 g/mol. The lowest BCUT2D eigenvalue weighted by molar-refractivity contribution is -0.137. The minimum Gasteiger partial charge on any atom is -0.396 e. The van der Waals surface area contributed by atoms with Crippen LogP contribution < -0.4 is 21.3 Å². The number of carbonyl (C=O) groups is 4. The quantitative estimate of drug-likeness (QED) is 0.0844. The summed E-state index contributed by atoms with van der Waals surface area (Å²) in [6.07, 6.45) is -1.61. The highest BCUT2D eigenvalue weighted by Gasteiger charge is 2.33. The zero-order chi connectivity index (χ0) is 27.8. The molecule has 11 nitrogen and oxygen atoms in total. The Labute approximate surface area is 222 Å². The highest BCUT2D eigenvalue weighted by Crippen LogP contribution is 2.24. The van der Waals surface area contributed by atoms with Gasteiger partial charge in [0.05, 0.1) is 6.61 Å². The summed E-state index contributed by atoms with van der Waals surface area (Å²) in [7, 11) is 3.11. The fraction of sp³-hybridized carbons (Fsp3) is 0.826. The fourth-order valence-electron chi connectivity index (χ4n) is 2.54. The van der Waals surface area contributed by atoms with Crippen LogP contribution in [0, 0.1) is 10.8 Å². The maximum Gasteiger partial charge on any atom is 0.249 e. The molecular formula is C23H44N4O7S2. The standard InChI is InChI=1S/C23H44N4O7S2/c1-6-22(2,3)18(31)20(33)26-9-7-16(29)24-11-13-35-36-14-12-25-17(30)8-10-27-21(34)19(32)23(4,5)15-28/h18-19,28,31-32H,6-15H2,1-5H3,(H,24,29)(H,25,30)(H,26,33)(H,27,34). The van der Waals surface area contributed by atoms with E-state index in [9.17, 15) is 34.5 Å². The van der Waals surface area contributed by atoms with Crippen LogP contribution in [-0.4, -0.2) is 95.4 Å². The first-order valence-electron chi connectivity index (χ1n) is 12.1. The van der Waals surface area contributed by atoms with Crippen LogP contribution in [0.25, 0.3) is 0 Å². The molecule has 0 radical (unpaired) electrons. The Morgan fingerprint density at radius 2 is 1.08 bits per heavy atom. The summed E-state index contributed by atoms with van der Waals surface area (Å²) in [6, 6.07) is 0. The minimum absolute atomic E-state index is 0.0810. The van der Waals surface area contributed by atoms with E-state index in [2.05, 4.69) is 21.3 Å². The van der Waals surface area contributed by atoms with Crippen LogP contribution in [0.5, 0.6) is 0 Å². The lowest BCUT2D eigenvalue weighted by Gasteiger charge is -2.28. The Balaban J connectivity index is 3.74. The number of nitrogens with one attached hydrogen (secondary N) is 4. The van der Waals surface area contributed by atoms with E-state index in [4.69, 9.17) is 0 Å². The average molecular weight is 553 g/mol. The molecule has 7 N–H and O–H groups in total. The average Bonchev–Trinajstić information content (AvgIpc) is 2.84. The smallest absolute Gasteiger partial charge is 0.249 e. The Bertz CT molecular complexity index is 650. The first kappa shape index (κ1) is 34.5. The van der Waals surface area contributed by atoms with Crippen molar-refractivity contribution < 1.29 is 34.5 Å². The zero-order valence-corrected chi connectivity index (χ0v) is 23.6. The summed E-state index contributed by atoms with van der Waals surface area (Å²) >= 11 is 0. The molecule has 4 amide bonds. The third-order valence-electron chi connectivity index (χ3n) is 5.70. The van der Waals surface area contributed by atoms with Crippen molar-refractivity contribution in [2.75, 3.05) is 44.3 Å². The molecule has 0 aromatic heterocycles. The predicted molar refractivity (Wildman–Crippen MR) is 143 cm³/mol. The van der Waals surface area contributed by atoms with Crippen LogP contribution in [0.15, 0.2) is 0 Å². The highest BCUT2D eigenvalue weighted by atomic mass is 33.1. The topological polar surface area (TPSA) is 177 Å². The van der Waals surface area contributed by atoms with E-state index in [-0.39, 0.29) is 44.4 Å². The number of hydrogen-bond donors (Lipinski definition) is 7. The summed E-state index contributed by atoms with van der Waals surface area (Å²) in [6.45, 7) is 9.50. The predicted octanol–water partition coefficient (Wildman–Crippen LogP) is -0.211. The molecule has 0 aliphatic heterocycles. The lowest BCUT2D eigenvalue weighted by Crippen LogP contribution is -2.46. The van der Waals surface area contributed by atoms with Crippen LogP contribution in [-0.2, 0) is 19.2 Å². The van der Waals surface area contributed by atoms with Crippen LogP contribution in [0.3, 0.4) is 0 Å². The summed E-state index contributed by atoms with van der Waals surface area (Å²) in [5, 5.41) is 39.7. The van der Waals surface area contributed by atoms with Gasteiger partial charge in [-0.2, -0.15) is 0 Å². The summed E-state index contributed by atoms with van der Waals surface area (Å²) in [5.74, 6) is -0.153. The Kier molecular flexibility index (Phi) is 17.1. The van der Waals surface area contributed by atoms with Crippen LogP contribution in [0.2, 0.25) is 0 Å². The Morgan fingerprint density at radius 3 is 1.44 bits per heavy atom. The van der Waals surface area contributed by atoms with Gasteiger partial charge in [-0.1, -0.05) is 56.2 Å². The van der Waals surface area contributed by atoms with Crippen molar-refractivity contribution in [2.45, 2.75) is 66.1 Å². The number of aliphatic hydroxyl groups excluding tert-OH is 3. The van der Waals surface area contributed by atoms with Gasteiger partial charge in [-0.15, -0.1) is 0 Å². The van der Waals surface area contributed by atoms with Gasteiger partial charge in [0.15, 0.2) is 0 Å². The van der Waals surface area contributed by atoms with E-state index in [1.54, 1.807) is 35.4 Å². The molecule has 13 heteroatoms. The molecule has 0 aromatic rings. The molecule has 2 unspecified atom stereocenters. The highest BCUT2D eigenvalue weighted by molar-refractivity contribution is 8.76. The molecule has 0 saturated carbocycles. The molecule has 210 valence electrons. The molecule has 0 fully saturated rings. The summed E-state index contributed by atoms with van der Waals surface area (Å²) in [4.78, 5) is 47.5. The van der Waals surface area contributed by atoms with Gasteiger partial charge in [0.2, 0.25) is 23.6 Å². The normalized spacial score (nSPS) is 13.4. The van der Waals surface area contributed by atoms with Gasteiger partial charge in [-0.05, 0) is 11.8 Å². The number of amides is 4. The molecule has 0 rings (SSSR count). The Morgan fingerprint density at radius 1 is 0.694 bits per heavy atom. The number of rotatable bonds is 19. The van der Waals surface area contributed by atoms with Gasteiger partial charge in [0, 0.05) is 55.9 Å². The maximum absolute atomic E-state index is 11.9. The number of carbonyl (C=O) groups excluding carboxylic acids is 4. The monoisotopic (exact) mass is 552 g/mol. The first-order chi connectivity index (χ1) is 16.8. The van der Waals surface area contributed by atoms with Crippen LogP contribution in [0.1, 0.15) is 53.9 Å². The van der Waals surface area contributed by atoms with Crippen LogP contribution >= 0.6 is 21.6 Å². The molecule has 0 aliphatic carbocycles. The van der Waals surface area contributed by atoms with E-state index in [1.807, 2.05) is 20.8 Å². The molecule has 36 heavy (non-hydrogen) atoms. The van der Waals surface area contributed by atoms with Gasteiger partial charge >= 0.3 is 0 Å². The Hall–Kier alpha value is -1.54. The second-order valence-corrected chi connectivity index (χ2v) is 12.4.